The summed E-state index contributed by atoms with van der Waals surface area (Å²) in [4.78, 5) is 3.39. The van der Waals surface area contributed by atoms with Gasteiger partial charge in [-0.3, -0.25) is 4.57 Å². The Kier molecular flexibility index (Phi) is 2.83. The van der Waals surface area contributed by atoms with E-state index >= 15 is 0 Å². The number of benzene rings is 1. The summed E-state index contributed by atoms with van der Waals surface area (Å²) in [5.41, 5.74) is 2.95. The molecule has 2 heterocycles. The van der Waals surface area contributed by atoms with Crippen molar-refractivity contribution in [1.29, 1.82) is 0 Å². The molecule has 0 saturated heterocycles. The van der Waals surface area contributed by atoms with Crippen LogP contribution in [0.15, 0.2) is 24.3 Å². The third kappa shape index (κ3) is 1.71. The number of H-pyrrole nitrogens is 1. The summed E-state index contributed by atoms with van der Waals surface area (Å²) >= 11 is 5.27. The maximum Gasteiger partial charge on any atom is 0.222 e. The molecule has 0 amide bonds. The second kappa shape index (κ2) is 4.49. The molecule has 3 rings (SSSR count). The number of nitrogens with zero attached hydrogens (tertiary/aromatic N) is 3. The summed E-state index contributed by atoms with van der Waals surface area (Å²) in [5.74, 6) is 0. The van der Waals surface area contributed by atoms with Crippen molar-refractivity contribution in [3.05, 3.63) is 29.0 Å². The summed E-state index contributed by atoms with van der Waals surface area (Å²) in [6.07, 6.45) is 2.22. The van der Waals surface area contributed by atoms with Gasteiger partial charge >= 0.3 is 0 Å². The highest BCUT2D eigenvalue weighted by Gasteiger charge is 2.09. The topological polar surface area (TPSA) is 46.5 Å². The number of fused-ring (bicyclic) bond motifs is 3. The highest BCUT2D eigenvalue weighted by molar-refractivity contribution is 7.71. The van der Waals surface area contributed by atoms with E-state index in [9.17, 15) is 0 Å². The molecule has 0 aliphatic rings. The molecule has 18 heavy (non-hydrogen) atoms. The molecule has 3 aromatic rings. The van der Waals surface area contributed by atoms with Crippen molar-refractivity contribution in [2.24, 2.45) is 0 Å². The fourth-order valence-electron chi connectivity index (χ4n) is 2.18. The van der Waals surface area contributed by atoms with E-state index in [2.05, 4.69) is 28.2 Å². The first-order valence-electron chi connectivity index (χ1n) is 6.15. The maximum atomic E-state index is 5.27. The third-order valence-corrected chi connectivity index (χ3v) is 3.43. The molecule has 0 bridgehead atoms. The van der Waals surface area contributed by atoms with Crippen LogP contribution in [0.5, 0.6) is 0 Å². The van der Waals surface area contributed by atoms with Crippen LogP contribution in [0.3, 0.4) is 0 Å². The lowest BCUT2D eigenvalue weighted by Crippen LogP contribution is -2.05. The van der Waals surface area contributed by atoms with Crippen molar-refractivity contribution in [2.45, 2.75) is 26.3 Å². The van der Waals surface area contributed by atoms with Gasteiger partial charge in [0, 0.05) is 17.4 Å². The molecule has 2 aromatic heterocycles. The molecule has 0 aliphatic carbocycles. The van der Waals surface area contributed by atoms with E-state index in [1.807, 2.05) is 22.8 Å². The number of nitrogens with one attached hydrogen (secondary N) is 1. The second-order valence-electron chi connectivity index (χ2n) is 4.36. The molecule has 0 atom stereocenters. The molecule has 0 fully saturated rings. The first-order valence-corrected chi connectivity index (χ1v) is 6.56. The van der Waals surface area contributed by atoms with E-state index in [4.69, 9.17) is 12.2 Å². The molecule has 1 aromatic carbocycles. The minimum absolute atomic E-state index is 0.544. The van der Waals surface area contributed by atoms with Crippen LogP contribution in [0.1, 0.15) is 19.8 Å². The predicted octanol–water partition coefficient (Wildman–Crippen LogP) is 3.44. The normalized spacial score (nSPS) is 11.4. The van der Waals surface area contributed by atoms with Gasteiger partial charge in [0.25, 0.3) is 0 Å². The van der Waals surface area contributed by atoms with Crippen LogP contribution in [0, 0.1) is 4.77 Å². The quantitative estimate of drug-likeness (QED) is 0.732. The fraction of sp³-hybridized carbons (Fsp3) is 0.308. The van der Waals surface area contributed by atoms with E-state index in [1.165, 1.54) is 0 Å². The Morgan fingerprint density at radius 2 is 2.11 bits per heavy atom. The number of rotatable bonds is 3. The van der Waals surface area contributed by atoms with Crippen molar-refractivity contribution in [2.75, 3.05) is 0 Å². The van der Waals surface area contributed by atoms with Gasteiger partial charge in [-0.05, 0) is 24.7 Å². The number of aromatic amines is 1. The smallest absolute Gasteiger partial charge is 0.222 e. The molecule has 1 N–H and O–H groups in total. The zero-order valence-electron chi connectivity index (χ0n) is 10.2. The van der Waals surface area contributed by atoms with Gasteiger partial charge in [-0.25, -0.2) is 0 Å². The third-order valence-electron chi connectivity index (χ3n) is 3.13. The summed E-state index contributed by atoms with van der Waals surface area (Å²) in [6, 6.07) is 8.12. The van der Waals surface area contributed by atoms with Crippen molar-refractivity contribution in [1.82, 2.24) is 19.7 Å². The molecule has 0 radical (unpaired) electrons. The summed E-state index contributed by atoms with van der Waals surface area (Å²) in [5, 5.41) is 9.42. The minimum atomic E-state index is 0.544. The van der Waals surface area contributed by atoms with Gasteiger partial charge in [-0.1, -0.05) is 31.5 Å². The number of hydrogen-bond donors (Lipinski definition) is 1. The molecular formula is C13H14N4S. The molecular weight excluding hydrogens is 244 g/mol. The zero-order chi connectivity index (χ0) is 12.5. The SMILES string of the molecule is CCCCn1c(=S)nnc2c3ccccc3[nH]c21. The van der Waals surface area contributed by atoms with Crippen molar-refractivity contribution in [3.63, 3.8) is 0 Å². The Bertz CT molecular complexity index is 756. The first kappa shape index (κ1) is 11.3. The van der Waals surface area contributed by atoms with E-state index in [0.717, 1.165) is 41.5 Å². The molecule has 4 nitrogen and oxygen atoms in total. The Labute approximate surface area is 110 Å². The zero-order valence-corrected chi connectivity index (χ0v) is 11.0. The number of para-hydroxylation sites is 1. The van der Waals surface area contributed by atoms with Crippen molar-refractivity contribution < 1.29 is 0 Å². The van der Waals surface area contributed by atoms with Crippen LogP contribution >= 0.6 is 12.2 Å². The summed E-state index contributed by atoms with van der Waals surface area (Å²) in [7, 11) is 0. The van der Waals surface area contributed by atoms with Gasteiger partial charge < -0.3 is 4.98 Å². The Morgan fingerprint density at radius 1 is 1.28 bits per heavy atom. The van der Waals surface area contributed by atoms with Crippen LogP contribution < -0.4 is 0 Å². The van der Waals surface area contributed by atoms with E-state index in [1.54, 1.807) is 0 Å². The number of unbranched alkanes of at least 4 members (excludes halogenated alkanes) is 1. The number of aromatic nitrogens is 4. The van der Waals surface area contributed by atoms with Gasteiger partial charge in [0.15, 0.2) is 0 Å². The van der Waals surface area contributed by atoms with Crippen LogP contribution in [0.2, 0.25) is 0 Å². The van der Waals surface area contributed by atoms with Crippen molar-refractivity contribution >= 4 is 34.3 Å². The molecule has 92 valence electrons. The molecule has 0 saturated carbocycles. The van der Waals surface area contributed by atoms with Crippen molar-refractivity contribution in [3.8, 4) is 0 Å². The number of hydrogen-bond acceptors (Lipinski definition) is 3. The molecule has 0 aliphatic heterocycles. The lowest BCUT2D eigenvalue weighted by Gasteiger charge is -2.05. The van der Waals surface area contributed by atoms with Gasteiger partial charge in [0.1, 0.15) is 11.2 Å². The fourth-order valence-corrected chi connectivity index (χ4v) is 2.40. The Hall–Kier alpha value is -1.75. The van der Waals surface area contributed by atoms with E-state index < -0.39 is 0 Å². The predicted molar refractivity (Wildman–Crippen MR) is 75.1 cm³/mol. The van der Waals surface area contributed by atoms with Gasteiger partial charge in [0.05, 0.1) is 0 Å². The monoisotopic (exact) mass is 258 g/mol. The van der Waals surface area contributed by atoms with Gasteiger partial charge in [-0.15, -0.1) is 10.2 Å². The van der Waals surface area contributed by atoms with E-state index in [-0.39, 0.29) is 0 Å². The average Bonchev–Trinajstić information content (AvgIpc) is 2.76. The van der Waals surface area contributed by atoms with Crippen LogP contribution in [0.4, 0.5) is 0 Å². The summed E-state index contributed by atoms with van der Waals surface area (Å²) < 4.78 is 2.59. The van der Waals surface area contributed by atoms with Crippen LogP contribution in [0.25, 0.3) is 22.1 Å². The summed E-state index contributed by atoms with van der Waals surface area (Å²) in [6.45, 7) is 3.05. The standard InChI is InChI=1S/C13H14N4S/c1-2-3-8-17-12-11(15-16-13(17)18)9-6-4-5-7-10(9)14-12/h4-7,14H,2-3,8H2,1H3. The first-order chi connectivity index (χ1) is 8.81. The van der Waals surface area contributed by atoms with Gasteiger partial charge in [-0.2, -0.15) is 0 Å². The number of aryl methyl sites for hydroxylation is 1. The van der Waals surface area contributed by atoms with Crippen LogP contribution in [-0.2, 0) is 6.54 Å². The van der Waals surface area contributed by atoms with Gasteiger partial charge in [0.2, 0.25) is 4.77 Å². The lowest BCUT2D eigenvalue weighted by molar-refractivity contribution is 0.620. The largest absolute Gasteiger partial charge is 0.339 e. The lowest BCUT2D eigenvalue weighted by atomic mass is 10.2. The van der Waals surface area contributed by atoms with E-state index in [0.29, 0.717) is 4.77 Å². The second-order valence-corrected chi connectivity index (χ2v) is 4.72. The maximum absolute atomic E-state index is 5.27. The average molecular weight is 258 g/mol. The minimum Gasteiger partial charge on any atom is -0.339 e. The molecule has 0 unspecified atom stereocenters. The molecule has 5 heteroatoms. The highest BCUT2D eigenvalue weighted by atomic mass is 32.1. The Morgan fingerprint density at radius 3 is 2.94 bits per heavy atom. The molecule has 0 spiro atoms. The Balaban J connectivity index is 2.33. The highest BCUT2D eigenvalue weighted by Crippen LogP contribution is 2.22. The van der Waals surface area contributed by atoms with Crippen LogP contribution in [-0.4, -0.2) is 19.7 Å².